The van der Waals surface area contributed by atoms with Crippen LogP contribution in [0.2, 0.25) is 0 Å². The maximum absolute atomic E-state index is 13.7. The zero-order chi connectivity index (χ0) is 13.0. The lowest BCUT2D eigenvalue weighted by molar-refractivity contribution is -0.129. The number of likely N-dealkylation sites (tertiary alicyclic amines) is 1. The van der Waals surface area contributed by atoms with Gasteiger partial charge in [0.25, 0.3) is 5.91 Å². The van der Waals surface area contributed by atoms with Gasteiger partial charge in [-0.05, 0) is 43.0 Å². The highest BCUT2D eigenvalue weighted by atomic mass is 19.1. The van der Waals surface area contributed by atoms with E-state index in [9.17, 15) is 13.6 Å². The Bertz CT molecular complexity index is 447. The number of benzene rings is 1. The molecule has 4 heteroatoms. The first kappa shape index (κ1) is 12.7. The van der Waals surface area contributed by atoms with Crippen LogP contribution >= 0.6 is 0 Å². The van der Waals surface area contributed by atoms with Gasteiger partial charge in [0.05, 0.1) is 0 Å². The molecule has 0 bridgehead atoms. The Morgan fingerprint density at radius 1 is 1.11 bits per heavy atom. The third kappa shape index (κ3) is 3.15. The molecule has 1 amide bonds. The van der Waals surface area contributed by atoms with Crippen molar-refractivity contribution in [2.24, 2.45) is 0 Å². The Hall–Kier alpha value is -1.71. The molecule has 1 heterocycles. The van der Waals surface area contributed by atoms with Crippen molar-refractivity contribution >= 4 is 12.0 Å². The summed E-state index contributed by atoms with van der Waals surface area (Å²) in [5, 5.41) is 0. The van der Waals surface area contributed by atoms with E-state index in [4.69, 9.17) is 0 Å². The molecule has 96 valence electrons. The van der Waals surface area contributed by atoms with Crippen LogP contribution in [0.3, 0.4) is 0 Å². The molecule has 1 aliphatic rings. The SMILES string of the molecule is O=C(/C(F)=C\c1ccc(F)cc1)N1CCCCC1. The Morgan fingerprint density at radius 2 is 1.72 bits per heavy atom. The molecule has 0 N–H and O–H groups in total. The van der Waals surface area contributed by atoms with Crippen molar-refractivity contribution in [3.05, 3.63) is 41.5 Å². The zero-order valence-corrected chi connectivity index (χ0v) is 10.0. The molecular formula is C14H15F2NO. The van der Waals surface area contributed by atoms with E-state index in [1.807, 2.05) is 0 Å². The summed E-state index contributed by atoms with van der Waals surface area (Å²) in [6.45, 7) is 1.23. The molecule has 0 atom stereocenters. The van der Waals surface area contributed by atoms with E-state index in [0.717, 1.165) is 25.3 Å². The quantitative estimate of drug-likeness (QED) is 0.739. The monoisotopic (exact) mass is 251 g/mol. The summed E-state index contributed by atoms with van der Waals surface area (Å²) < 4.78 is 26.4. The molecule has 2 nitrogen and oxygen atoms in total. The lowest BCUT2D eigenvalue weighted by atomic mass is 10.1. The van der Waals surface area contributed by atoms with Gasteiger partial charge in [-0.2, -0.15) is 0 Å². The average Bonchev–Trinajstić information content (AvgIpc) is 2.41. The maximum Gasteiger partial charge on any atom is 0.282 e. The number of piperidine rings is 1. The summed E-state index contributed by atoms with van der Waals surface area (Å²) in [5.41, 5.74) is 0.485. The van der Waals surface area contributed by atoms with Crippen molar-refractivity contribution < 1.29 is 13.6 Å². The van der Waals surface area contributed by atoms with E-state index in [2.05, 4.69) is 0 Å². The van der Waals surface area contributed by atoms with Gasteiger partial charge in [0, 0.05) is 13.1 Å². The van der Waals surface area contributed by atoms with Crippen molar-refractivity contribution in [1.82, 2.24) is 4.90 Å². The summed E-state index contributed by atoms with van der Waals surface area (Å²) in [4.78, 5) is 13.3. The summed E-state index contributed by atoms with van der Waals surface area (Å²) in [7, 11) is 0. The number of halogens is 2. The first-order chi connectivity index (χ1) is 8.66. The van der Waals surface area contributed by atoms with Gasteiger partial charge in [-0.15, -0.1) is 0 Å². The molecule has 1 saturated heterocycles. The van der Waals surface area contributed by atoms with Crippen LogP contribution in [0, 0.1) is 5.82 Å². The van der Waals surface area contributed by atoms with Crippen LogP contribution in [-0.4, -0.2) is 23.9 Å². The second kappa shape index (κ2) is 5.76. The smallest absolute Gasteiger partial charge is 0.282 e. The number of hydrogen-bond acceptors (Lipinski definition) is 1. The van der Waals surface area contributed by atoms with E-state index in [0.29, 0.717) is 18.7 Å². The zero-order valence-electron chi connectivity index (χ0n) is 10.0. The Balaban J connectivity index is 2.07. The van der Waals surface area contributed by atoms with Gasteiger partial charge in [0.2, 0.25) is 0 Å². The summed E-state index contributed by atoms with van der Waals surface area (Å²) in [6.07, 6.45) is 4.09. The second-order valence-electron chi connectivity index (χ2n) is 4.40. The van der Waals surface area contributed by atoms with Crippen molar-refractivity contribution in [2.45, 2.75) is 19.3 Å². The van der Waals surface area contributed by atoms with Gasteiger partial charge in [-0.3, -0.25) is 4.79 Å². The summed E-state index contributed by atoms with van der Waals surface area (Å²) in [6, 6.07) is 5.37. The van der Waals surface area contributed by atoms with Crippen LogP contribution in [0.25, 0.3) is 6.08 Å². The van der Waals surface area contributed by atoms with Gasteiger partial charge < -0.3 is 4.90 Å². The molecule has 1 aromatic rings. The second-order valence-corrected chi connectivity index (χ2v) is 4.40. The van der Waals surface area contributed by atoms with Crippen LogP contribution in [0.1, 0.15) is 24.8 Å². The molecule has 0 unspecified atom stereocenters. The molecular weight excluding hydrogens is 236 g/mol. The fourth-order valence-electron chi connectivity index (χ4n) is 2.02. The van der Waals surface area contributed by atoms with Crippen molar-refractivity contribution in [2.75, 3.05) is 13.1 Å². The van der Waals surface area contributed by atoms with Gasteiger partial charge in [0.15, 0.2) is 5.83 Å². The van der Waals surface area contributed by atoms with E-state index < -0.39 is 11.7 Å². The fraction of sp³-hybridized carbons (Fsp3) is 0.357. The van der Waals surface area contributed by atoms with Gasteiger partial charge in [-0.25, -0.2) is 8.78 Å². The average molecular weight is 251 g/mol. The minimum Gasteiger partial charge on any atom is -0.337 e. The third-order valence-corrected chi connectivity index (χ3v) is 3.01. The van der Waals surface area contributed by atoms with Gasteiger partial charge >= 0.3 is 0 Å². The van der Waals surface area contributed by atoms with Crippen LogP contribution in [0.5, 0.6) is 0 Å². The number of nitrogens with zero attached hydrogens (tertiary/aromatic N) is 1. The maximum atomic E-state index is 13.7. The first-order valence-electron chi connectivity index (χ1n) is 6.09. The largest absolute Gasteiger partial charge is 0.337 e. The van der Waals surface area contributed by atoms with Crippen LogP contribution in [0.15, 0.2) is 30.1 Å². The highest BCUT2D eigenvalue weighted by Gasteiger charge is 2.20. The van der Waals surface area contributed by atoms with Crippen LogP contribution in [0.4, 0.5) is 8.78 Å². The molecule has 0 radical (unpaired) electrons. The van der Waals surface area contributed by atoms with Crippen molar-refractivity contribution in [3.63, 3.8) is 0 Å². The van der Waals surface area contributed by atoms with E-state index >= 15 is 0 Å². The van der Waals surface area contributed by atoms with E-state index in [1.54, 1.807) is 0 Å². The summed E-state index contributed by atoms with van der Waals surface area (Å²) in [5.74, 6) is -1.74. The predicted molar refractivity (Wildman–Crippen MR) is 65.9 cm³/mol. The molecule has 1 fully saturated rings. The molecule has 1 aromatic carbocycles. The number of carbonyl (C=O) groups excluding carboxylic acids is 1. The van der Waals surface area contributed by atoms with E-state index in [1.165, 1.54) is 29.2 Å². The van der Waals surface area contributed by atoms with Crippen molar-refractivity contribution in [1.29, 1.82) is 0 Å². The molecule has 2 rings (SSSR count). The molecule has 0 spiro atoms. The first-order valence-corrected chi connectivity index (χ1v) is 6.09. The standard InChI is InChI=1S/C14H15F2NO/c15-12-6-4-11(5-7-12)10-13(16)14(18)17-8-2-1-3-9-17/h4-7,10H,1-3,8-9H2/b13-10+. The topological polar surface area (TPSA) is 20.3 Å². The molecule has 0 aliphatic carbocycles. The van der Waals surface area contributed by atoms with Gasteiger partial charge in [0.1, 0.15) is 5.82 Å². The Kier molecular flexibility index (Phi) is 4.07. The molecule has 1 aliphatic heterocycles. The summed E-state index contributed by atoms with van der Waals surface area (Å²) >= 11 is 0. The highest BCUT2D eigenvalue weighted by Crippen LogP contribution is 2.15. The Morgan fingerprint density at radius 3 is 2.33 bits per heavy atom. The fourth-order valence-corrected chi connectivity index (χ4v) is 2.02. The van der Waals surface area contributed by atoms with E-state index in [-0.39, 0.29) is 5.82 Å². The van der Waals surface area contributed by atoms with Crippen molar-refractivity contribution in [3.8, 4) is 0 Å². The minimum atomic E-state index is -0.788. The Labute approximate surface area is 105 Å². The molecule has 0 saturated carbocycles. The van der Waals surface area contributed by atoms with Gasteiger partial charge in [-0.1, -0.05) is 12.1 Å². The number of amides is 1. The molecule has 0 aromatic heterocycles. The third-order valence-electron chi connectivity index (χ3n) is 3.01. The highest BCUT2D eigenvalue weighted by molar-refractivity contribution is 5.95. The minimum absolute atomic E-state index is 0.380. The van der Waals surface area contributed by atoms with Crippen LogP contribution < -0.4 is 0 Å². The lowest BCUT2D eigenvalue weighted by Gasteiger charge is -2.25. The number of hydrogen-bond donors (Lipinski definition) is 0. The molecule has 18 heavy (non-hydrogen) atoms. The number of carbonyl (C=O) groups is 1. The number of rotatable bonds is 2. The predicted octanol–water partition coefficient (Wildman–Crippen LogP) is 3.15. The lowest BCUT2D eigenvalue weighted by Crippen LogP contribution is -2.35. The normalized spacial score (nSPS) is 16.8. The van der Waals surface area contributed by atoms with Crippen LogP contribution in [-0.2, 0) is 4.79 Å².